The van der Waals surface area contributed by atoms with Gasteiger partial charge in [-0.1, -0.05) is 6.07 Å². The van der Waals surface area contributed by atoms with Gasteiger partial charge in [0.2, 0.25) is 12.7 Å². The van der Waals surface area contributed by atoms with Crippen LogP contribution in [0.1, 0.15) is 60.0 Å². The molecule has 1 spiro atoms. The van der Waals surface area contributed by atoms with Crippen LogP contribution in [0.2, 0.25) is 0 Å². The highest BCUT2D eigenvalue weighted by molar-refractivity contribution is 6.01. The summed E-state index contributed by atoms with van der Waals surface area (Å²) in [6.07, 6.45) is 1.57. The van der Waals surface area contributed by atoms with E-state index in [1.165, 1.54) is 0 Å². The van der Waals surface area contributed by atoms with Gasteiger partial charge in [-0.2, -0.15) is 0 Å². The van der Waals surface area contributed by atoms with Gasteiger partial charge < -0.3 is 23.8 Å². The van der Waals surface area contributed by atoms with Crippen molar-refractivity contribution >= 4 is 17.7 Å². The highest BCUT2D eigenvalue weighted by atomic mass is 16.7. The summed E-state index contributed by atoms with van der Waals surface area (Å²) in [5.41, 5.74) is 1.43. The Hall–Kier alpha value is -3.55. The maximum Gasteiger partial charge on any atom is 0.312 e. The molecule has 0 N–H and O–H groups in total. The molecule has 0 aromatic heterocycles. The molecule has 0 saturated carbocycles. The molecule has 4 aliphatic rings. The number of piperidine rings is 1. The van der Waals surface area contributed by atoms with Gasteiger partial charge in [-0.05, 0) is 29.8 Å². The van der Waals surface area contributed by atoms with Crippen molar-refractivity contribution in [2.45, 2.75) is 44.1 Å². The van der Waals surface area contributed by atoms with Crippen molar-refractivity contribution in [2.24, 2.45) is 0 Å². The first kappa shape index (κ1) is 20.1. The van der Waals surface area contributed by atoms with Crippen LogP contribution >= 0.6 is 0 Å². The predicted octanol–water partition coefficient (Wildman–Crippen LogP) is 3.20. The molecule has 1 fully saturated rings. The Labute approximate surface area is 190 Å². The zero-order valence-corrected chi connectivity index (χ0v) is 18.2. The van der Waals surface area contributed by atoms with E-state index in [0.29, 0.717) is 60.1 Å². The van der Waals surface area contributed by atoms with Crippen molar-refractivity contribution < 1.29 is 33.3 Å². The third kappa shape index (κ3) is 3.23. The van der Waals surface area contributed by atoms with Gasteiger partial charge in [0.05, 0.1) is 18.4 Å². The molecule has 0 bridgehead atoms. The van der Waals surface area contributed by atoms with Crippen LogP contribution in [-0.4, -0.2) is 48.0 Å². The van der Waals surface area contributed by atoms with Gasteiger partial charge in [0.15, 0.2) is 17.3 Å². The fourth-order valence-electron chi connectivity index (χ4n) is 5.33. The van der Waals surface area contributed by atoms with Crippen LogP contribution in [-0.2, 0) is 9.59 Å². The average molecular weight is 449 g/mol. The van der Waals surface area contributed by atoms with Crippen molar-refractivity contribution in [3.05, 3.63) is 47.0 Å². The lowest BCUT2D eigenvalue weighted by molar-refractivity contribution is -0.135. The summed E-state index contributed by atoms with van der Waals surface area (Å²) < 4.78 is 23.2. The Kier molecular flexibility index (Phi) is 4.40. The molecule has 0 unspecified atom stereocenters. The van der Waals surface area contributed by atoms with E-state index >= 15 is 0 Å². The maximum atomic E-state index is 13.2. The highest BCUT2D eigenvalue weighted by Crippen LogP contribution is 2.51. The normalized spacial score (nSPS) is 22.3. The summed E-state index contributed by atoms with van der Waals surface area (Å²) >= 11 is 0. The lowest BCUT2D eigenvalue weighted by atomic mass is 9.79. The number of amides is 1. The molecule has 4 aliphatic heterocycles. The van der Waals surface area contributed by atoms with Gasteiger partial charge in [0, 0.05) is 44.3 Å². The summed E-state index contributed by atoms with van der Waals surface area (Å²) in [4.78, 5) is 39.2. The van der Waals surface area contributed by atoms with Crippen molar-refractivity contribution in [3.63, 3.8) is 0 Å². The molecule has 2 aromatic rings. The number of ketones is 1. The first-order valence-electron chi connectivity index (χ1n) is 11.2. The van der Waals surface area contributed by atoms with Crippen molar-refractivity contribution in [1.29, 1.82) is 0 Å². The fourth-order valence-corrected chi connectivity index (χ4v) is 5.33. The Morgan fingerprint density at radius 3 is 2.58 bits per heavy atom. The van der Waals surface area contributed by atoms with Gasteiger partial charge in [-0.15, -0.1) is 0 Å². The van der Waals surface area contributed by atoms with Crippen molar-refractivity contribution in [2.75, 3.05) is 19.9 Å². The van der Waals surface area contributed by atoms with Gasteiger partial charge >= 0.3 is 5.97 Å². The minimum Gasteiger partial charge on any atom is -0.485 e. The Morgan fingerprint density at radius 1 is 1.03 bits per heavy atom. The van der Waals surface area contributed by atoms with Crippen LogP contribution in [0.15, 0.2) is 30.3 Å². The molecule has 170 valence electrons. The molecule has 2 aromatic carbocycles. The number of Topliss-reactive ketones (excluding diaryl/α,β-unsaturated/α-hetero) is 1. The largest absolute Gasteiger partial charge is 0.485 e. The molecule has 1 saturated heterocycles. The van der Waals surface area contributed by atoms with Crippen LogP contribution in [0.5, 0.6) is 23.0 Å². The first-order valence-corrected chi connectivity index (χ1v) is 11.2. The first-order chi connectivity index (χ1) is 15.9. The van der Waals surface area contributed by atoms with Crippen molar-refractivity contribution in [3.8, 4) is 23.0 Å². The molecule has 8 nitrogen and oxygen atoms in total. The summed E-state index contributed by atoms with van der Waals surface area (Å²) in [6.45, 7) is 2.82. The highest BCUT2D eigenvalue weighted by Gasteiger charge is 2.46. The molecule has 4 heterocycles. The summed E-state index contributed by atoms with van der Waals surface area (Å²) in [5, 5.41) is 0. The number of hydrogen-bond acceptors (Lipinski definition) is 7. The smallest absolute Gasteiger partial charge is 0.312 e. The zero-order chi connectivity index (χ0) is 22.7. The number of carbonyl (C=O) groups is 3. The second-order valence-electron chi connectivity index (χ2n) is 9.09. The number of nitrogens with zero attached hydrogens (tertiary/aromatic N) is 1. The third-order valence-corrected chi connectivity index (χ3v) is 7.12. The van der Waals surface area contributed by atoms with Crippen LogP contribution < -0.4 is 18.9 Å². The topological polar surface area (TPSA) is 91.4 Å². The maximum absolute atomic E-state index is 13.2. The van der Waals surface area contributed by atoms with Gasteiger partial charge in [0.25, 0.3) is 0 Å². The van der Waals surface area contributed by atoms with Gasteiger partial charge in [0.1, 0.15) is 17.1 Å². The molecule has 0 aliphatic carbocycles. The number of ether oxygens (including phenoxy) is 4. The SMILES string of the molecule is CC(=O)N1CCC2(CC1)CC(=O)c1ccc3c(c1O2)[C@@H](c1ccc2c(c1)OCO2)CC(=O)O3. The standard InChI is InChI=1S/C25H23NO7/c1-14(27)26-8-6-25(7-9-26)12-18(28)16-3-5-20-23(24(16)33-25)17(11-22(29)32-20)15-2-4-19-21(10-15)31-13-30-19/h2-5,10,17H,6-9,11-13H2,1H3/t17-/m1/s1. The summed E-state index contributed by atoms with van der Waals surface area (Å²) in [7, 11) is 0. The lowest BCUT2D eigenvalue weighted by Crippen LogP contribution is -2.52. The number of likely N-dealkylation sites (tertiary alicyclic amines) is 1. The molecule has 1 amide bonds. The monoisotopic (exact) mass is 449 g/mol. The van der Waals surface area contributed by atoms with E-state index in [1.807, 2.05) is 18.2 Å². The third-order valence-electron chi connectivity index (χ3n) is 7.12. The second kappa shape index (κ2) is 7.23. The molecule has 1 atom stereocenters. The number of fused-ring (bicyclic) bond motifs is 4. The average Bonchev–Trinajstić information content (AvgIpc) is 3.26. The minimum absolute atomic E-state index is 0.0108. The quantitative estimate of drug-likeness (QED) is 0.488. The molecular weight excluding hydrogens is 426 g/mol. The van der Waals surface area contributed by atoms with E-state index in [1.54, 1.807) is 24.0 Å². The number of carbonyl (C=O) groups excluding carboxylic acids is 3. The Balaban J connectivity index is 1.43. The predicted molar refractivity (Wildman–Crippen MR) is 115 cm³/mol. The summed E-state index contributed by atoms with van der Waals surface area (Å²) in [5.74, 6) is 1.56. The Bertz CT molecular complexity index is 1200. The molecule has 6 rings (SSSR count). The van der Waals surface area contributed by atoms with Crippen LogP contribution in [0.25, 0.3) is 0 Å². The number of hydrogen-bond donors (Lipinski definition) is 0. The molecule has 0 radical (unpaired) electrons. The van der Waals surface area contributed by atoms with Crippen molar-refractivity contribution in [1.82, 2.24) is 4.90 Å². The fraction of sp³-hybridized carbons (Fsp3) is 0.400. The van der Waals surface area contributed by atoms with E-state index in [2.05, 4.69) is 0 Å². The molecule has 33 heavy (non-hydrogen) atoms. The van der Waals surface area contributed by atoms with Crippen LogP contribution in [0, 0.1) is 0 Å². The van der Waals surface area contributed by atoms with E-state index in [9.17, 15) is 14.4 Å². The van der Waals surface area contributed by atoms with Crippen LogP contribution in [0.3, 0.4) is 0 Å². The second-order valence-corrected chi connectivity index (χ2v) is 9.09. The van der Waals surface area contributed by atoms with E-state index in [4.69, 9.17) is 18.9 Å². The lowest BCUT2D eigenvalue weighted by Gasteiger charge is -2.45. The van der Waals surface area contributed by atoms with Gasteiger partial charge in [-0.3, -0.25) is 14.4 Å². The number of benzene rings is 2. The van der Waals surface area contributed by atoms with E-state index < -0.39 is 5.60 Å². The summed E-state index contributed by atoms with van der Waals surface area (Å²) in [6, 6.07) is 8.98. The van der Waals surface area contributed by atoms with Crippen LogP contribution in [0.4, 0.5) is 0 Å². The number of esters is 1. The van der Waals surface area contributed by atoms with Gasteiger partial charge in [-0.25, -0.2) is 0 Å². The molecule has 8 heteroatoms. The Morgan fingerprint density at radius 2 is 1.79 bits per heavy atom. The molecular formula is C25H23NO7. The van der Waals surface area contributed by atoms with E-state index in [-0.39, 0.29) is 43.2 Å². The zero-order valence-electron chi connectivity index (χ0n) is 18.2. The minimum atomic E-state index is -0.661. The van der Waals surface area contributed by atoms with E-state index in [0.717, 1.165) is 5.56 Å². The number of rotatable bonds is 1.